The van der Waals surface area contributed by atoms with Crippen LogP contribution in [0, 0.1) is 11.6 Å². The van der Waals surface area contributed by atoms with Gasteiger partial charge in [0, 0.05) is 18.1 Å². The molecule has 0 aliphatic carbocycles. The van der Waals surface area contributed by atoms with E-state index in [9.17, 15) is 13.6 Å². The lowest BCUT2D eigenvalue weighted by molar-refractivity contribution is 0.0760. The molecular weight excluding hydrogens is 378 g/mol. The Bertz CT molecular complexity index is 693. The number of amides is 1. The minimum Gasteiger partial charge on any atom is -0.372 e. The number of anilines is 1. The van der Waals surface area contributed by atoms with Gasteiger partial charge in [-0.25, -0.2) is 13.8 Å². The zero-order chi connectivity index (χ0) is 16.3. The Balaban J connectivity index is 2.14. The van der Waals surface area contributed by atoms with E-state index in [-0.39, 0.29) is 22.0 Å². The van der Waals surface area contributed by atoms with Gasteiger partial charge in [-0.2, -0.15) is 0 Å². The highest BCUT2D eigenvalue weighted by molar-refractivity contribution is 9.10. The van der Waals surface area contributed by atoms with Crippen LogP contribution in [0.5, 0.6) is 0 Å². The summed E-state index contributed by atoms with van der Waals surface area (Å²) in [5.74, 6) is -2.16. The third-order valence-corrected chi connectivity index (χ3v) is 4.39. The monoisotopic (exact) mass is 390 g/mol. The van der Waals surface area contributed by atoms with E-state index < -0.39 is 17.5 Å². The summed E-state index contributed by atoms with van der Waals surface area (Å²) in [6.45, 7) is 4.24. The van der Waals surface area contributed by atoms with Crippen LogP contribution in [0.1, 0.15) is 35.4 Å². The van der Waals surface area contributed by atoms with E-state index in [1.54, 1.807) is 5.38 Å². The van der Waals surface area contributed by atoms with Crippen LogP contribution in [-0.2, 0) is 4.74 Å². The second kappa shape index (κ2) is 7.26. The highest BCUT2D eigenvalue weighted by Gasteiger charge is 2.17. The minimum atomic E-state index is -0.854. The molecule has 1 aromatic heterocycles. The molecular formula is C14H13BrF2N2O2S. The molecule has 1 heterocycles. The lowest BCUT2D eigenvalue weighted by Gasteiger charge is -2.07. The minimum absolute atomic E-state index is 0.0631. The van der Waals surface area contributed by atoms with Gasteiger partial charge >= 0.3 is 0 Å². The third kappa shape index (κ3) is 3.88. The van der Waals surface area contributed by atoms with Gasteiger partial charge in [0.25, 0.3) is 5.91 Å². The average molecular weight is 391 g/mol. The van der Waals surface area contributed by atoms with E-state index in [4.69, 9.17) is 4.74 Å². The van der Waals surface area contributed by atoms with Crippen LogP contribution < -0.4 is 5.32 Å². The Morgan fingerprint density at radius 3 is 2.86 bits per heavy atom. The number of rotatable bonds is 5. The number of ether oxygens (including phenoxy) is 1. The molecule has 4 nitrogen and oxygen atoms in total. The molecule has 1 N–H and O–H groups in total. The van der Waals surface area contributed by atoms with Crippen molar-refractivity contribution in [2.24, 2.45) is 0 Å². The van der Waals surface area contributed by atoms with Gasteiger partial charge in [-0.05, 0) is 35.8 Å². The van der Waals surface area contributed by atoms with Crippen molar-refractivity contribution in [2.75, 3.05) is 11.9 Å². The largest absolute Gasteiger partial charge is 0.372 e. The number of nitrogens with one attached hydrogen (secondary N) is 1. The molecule has 2 rings (SSSR count). The Hall–Kier alpha value is -1.38. The van der Waals surface area contributed by atoms with Crippen molar-refractivity contribution in [2.45, 2.75) is 20.0 Å². The highest BCUT2D eigenvalue weighted by atomic mass is 79.9. The number of aromatic nitrogens is 1. The molecule has 1 aromatic carbocycles. The maximum Gasteiger partial charge on any atom is 0.275 e. The standard InChI is InChI=1S/C14H13BrF2N2O2S/c1-3-21-7(2)14-19-12(6-22-14)13(20)18-11-4-8(15)9(16)5-10(11)17/h4-7H,3H2,1-2H3,(H,18,20)/t7-/m1/s1. The van der Waals surface area contributed by atoms with Crippen LogP contribution in [0.15, 0.2) is 22.0 Å². The summed E-state index contributed by atoms with van der Waals surface area (Å²) in [5, 5.41) is 4.60. The van der Waals surface area contributed by atoms with Crippen molar-refractivity contribution in [1.29, 1.82) is 0 Å². The first-order valence-corrected chi connectivity index (χ1v) is 8.12. The zero-order valence-corrected chi connectivity index (χ0v) is 14.2. The molecule has 2 aromatic rings. The summed E-state index contributed by atoms with van der Waals surface area (Å²) in [7, 11) is 0. The van der Waals surface area contributed by atoms with Crippen molar-refractivity contribution in [3.05, 3.63) is 44.3 Å². The first-order valence-electron chi connectivity index (χ1n) is 6.45. The number of nitrogens with zero attached hydrogens (tertiary/aromatic N) is 1. The summed E-state index contributed by atoms with van der Waals surface area (Å²) < 4.78 is 32.2. The zero-order valence-electron chi connectivity index (χ0n) is 11.8. The second-order valence-electron chi connectivity index (χ2n) is 4.37. The van der Waals surface area contributed by atoms with Crippen LogP contribution in [0.25, 0.3) is 0 Å². The van der Waals surface area contributed by atoms with Crippen LogP contribution in [-0.4, -0.2) is 17.5 Å². The molecule has 0 aliphatic heterocycles. The molecule has 0 radical (unpaired) electrons. The summed E-state index contributed by atoms with van der Waals surface area (Å²) in [5.41, 5.74) is 0.0390. The average Bonchev–Trinajstić information content (AvgIpc) is 2.95. The molecule has 0 aliphatic rings. The molecule has 0 bridgehead atoms. The van der Waals surface area contributed by atoms with Crippen molar-refractivity contribution >= 4 is 38.9 Å². The van der Waals surface area contributed by atoms with Gasteiger partial charge in [0.1, 0.15) is 28.4 Å². The van der Waals surface area contributed by atoms with Gasteiger partial charge in [-0.1, -0.05) is 0 Å². The summed E-state index contributed by atoms with van der Waals surface area (Å²) >= 11 is 4.23. The van der Waals surface area contributed by atoms with Gasteiger partial charge in [0.2, 0.25) is 0 Å². The van der Waals surface area contributed by atoms with Gasteiger partial charge < -0.3 is 10.1 Å². The maximum atomic E-state index is 13.6. The molecule has 0 saturated carbocycles. The fourth-order valence-electron chi connectivity index (χ4n) is 1.70. The summed E-state index contributed by atoms with van der Waals surface area (Å²) in [4.78, 5) is 16.2. The normalized spacial score (nSPS) is 12.2. The predicted molar refractivity (Wildman–Crippen MR) is 84.2 cm³/mol. The first-order chi connectivity index (χ1) is 10.4. The predicted octanol–water partition coefficient (Wildman–Crippen LogP) is 4.53. The van der Waals surface area contributed by atoms with Crippen LogP contribution in [0.3, 0.4) is 0 Å². The molecule has 22 heavy (non-hydrogen) atoms. The molecule has 8 heteroatoms. The van der Waals surface area contributed by atoms with Crippen LogP contribution in [0.2, 0.25) is 0 Å². The highest BCUT2D eigenvalue weighted by Crippen LogP contribution is 2.25. The van der Waals surface area contributed by atoms with Gasteiger partial charge in [-0.15, -0.1) is 11.3 Å². The fourth-order valence-corrected chi connectivity index (χ4v) is 2.85. The van der Waals surface area contributed by atoms with Crippen molar-refractivity contribution in [1.82, 2.24) is 4.98 Å². The molecule has 1 amide bonds. The molecule has 0 fully saturated rings. The quantitative estimate of drug-likeness (QED) is 0.762. The fraction of sp³-hybridized carbons (Fsp3) is 0.286. The Labute approximate surface area is 138 Å². The lowest BCUT2D eigenvalue weighted by Crippen LogP contribution is -2.14. The summed E-state index contributed by atoms with van der Waals surface area (Å²) in [6, 6.07) is 1.86. The van der Waals surface area contributed by atoms with Gasteiger partial charge in [-0.3, -0.25) is 4.79 Å². The molecule has 118 valence electrons. The number of carbonyl (C=O) groups excluding carboxylic acids is 1. The third-order valence-electron chi connectivity index (χ3n) is 2.78. The Morgan fingerprint density at radius 1 is 1.45 bits per heavy atom. The van der Waals surface area contributed by atoms with E-state index >= 15 is 0 Å². The topological polar surface area (TPSA) is 51.2 Å². The molecule has 0 spiro atoms. The maximum absolute atomic E-state index is 13.6. The first kappa shape index (κ1) is 17.0. The van der Waals surface area contributed by atoms with Crippen molar-refractivity contribution < 1.29 is 18.3 Å². The van der Waals surface area contributed by atoms with E-state index in [0.717, 1.165) is 0 Å². The Morgan fingerprint density at radius 2 is 2.18 bits per heavy atom. The van der Waals surface area contributed by atoms with Crippen molar-refractivity contribution in [3.63, 3.8) is 0 Å². The van der Waals surface area contributed by atoms with Crippen molar-refractivity contribution in [3.8, 4) is 0 Å². The van der Waals surface area contributed by atoms with Crippen LogP contribution >= 0.6 is 27.3 Å². The number of halogens is 3. The number of thiazole rings is 1. The molecule has 1 atom stereocenters. The van der Waals surface area contributed by atoms with Gasteiger partial charge in [0.15, 0.2) is 0 Å². The SMILES string of the molecule is CCO[C@H](C)c1nc(C(=O)Nc2cc(Br)c(F)cc2F)cs1. The Kier molecular flexibility index (Phi) is 5.60. The summed E-state index contributed by atoms with van der Waals surface area (Å²) in [6.07, 6.45) is -0.215. The number of carbonyl (C=O) groups is 1. The molecule has 0 saturated heterocycles. The van der Waals surface area contributed by atoms with E-state index in [1.165, 1.54) is 17.4 Å². The number of hydrogen-bond acceptors (Lipinski definition) is 4. The number of benzene rings is 1. The molecule has 0 unspecified atom stereocenters. The van der Waals surface area contributed by atoms with E-state index in [2.05, 4.69) is 26.2 Å². The van der Waals surface area contributed by atoms with E-state index in [0.29, 0.717) is 17.7 Å². The van der Waals surface area contributed by atoms with E-state index in [1.807, 2.05) is 13.8 Å². The van der Waals surface area contributed by atoms with Gasteiger partial charge in [0.05, 0.1) is 10.2 Å². The lowest BCUT2D eigenvalue weighted by atomic mass is 10.3. The number of hydrogen-bond donors (Lipinski definition) is 1. The van der Waals surface area contributed by atoms with Crippen LogP contribution in [0.4, 0.5) is 14.5 Å². The second-order valence-corrected chi connectivity index (χ2v) is 6.11. The smallest absolute Gasteiger partial charge is 0.275 e.